The third-order valence-corrected chi connectivity index (χ3v) is 7.29. The van der Waals surface area contributed by atoms with Gasteiger partial charge >= 0.3 is 0 Å². The molecule has 2 aromatic heterocycles. The Balaban J connectivity index is 1.46. The zero-order chi connectivity index (χ0) is 25.3. The van der Waals surface area contributed by atoms with Gasteiger partial charge in [-0.3, -0.25) is 14.3 Å². The topological polar surface area (TPSA) is 76.5 Å². The van der Waals surface area contributed by atoms with Crippen LogP contribution in [0.1, 0.15) is 28.5 Å². The number of nitrogens with zero attached hydrogens (tertiary/aromatic N) is 3. The van der Waals surface area contributed by atoms with Gasteiger partial charge in [-0.15, -0.1) is 11.3 Å². The maximum atomic E-state index is 13.9. The largest absolute Gasteiger partial charge is 0.497 e. The molecule has 184 valence electrons. The highest BCUT2D eigenvalue weighted by Gasteiger charge is 2.48. The van der Waals surface area contributed by atoms with Crippen LogP contribution < -0.4 is 10.1 Å². The molecule has 0 bridgehead atoms. The van der Waals surface area contributed by atoms with E-state index in [1.807, 2.05) is 41.8 Å². The minimum Gasteiger partial charge on any atom is -0.497 e. The minimum atomic E-state index is -1.25. The van der Waals surface area contributed by atoms with E-state index in [9.17, 15) is 14.0 Å². The van der Waals surface area contributed by atoms with Crippen molar-refractivity contribution in [2.75, 3.05) is 7.11 Å². The van der Waals surface area contributed by atoms with Gasteiger partial charge in [0.05, 0.1) is 18.5 Å². The molecular formula is C27H25FN4O3S. The third-order valence-electron chi connectivity index (χ3n) is 6.40. The van der Waals surface area contributed by atoms with Gasteiger partial charge in [-0.1, -0.05) is 30.3 Å². The number of ether oxygens (including phenoxy) is 1. The van der Waals surface area contributed by atoms with E-state index in [1.165, 1.54) is 28.4 Å². The summed E-state index contributed by atoms with van der Waals surface area (Å²) >= 11 is 1.53. The number of halogens is 1. The number of benzene rings is 2. The Labute approximate surface area is 212 Å². The quantitative estimate of drug-likeness (QED) is 0.402. The number of carbonyl (C=O) groups is 2. The van der Waals surface area contributed by atoms with Crippen molar-refractivity contribution in [3.63, 3.8) is 0 Å². The van der Waals surface area contributed by atoms with Gasteiger partial charge in [0.1, 0.15) is 28.5 Å². The van der Waals surface area contributed by atoms with Crippen molar-refractivity contribution < 1.29 is 18.7 Å². The van der Waals surface area contributed by atoms with Gasteiger partial charge in [-0.25, -0.2) is 4.39 Å². The van der Waals surface area contributed by atoms with Crippen LogP contribution in [0.2, 0.25) is 0 Å². The fraction of sp³-hybridized carbons (Fsp3) is 0.222. The predicted octanol–water partition coefficient (Wildman–Crippen LogP) is 4.49. The van der Waals surface area contributed by atoms with E-state index in [-0.39, 0.29) is 31.4 Å². The van der Waals surface area contributed by atoms with Crippen molar-refractivity contribution in [3.05, 3.63) is 94.7 Å². The Hall–Kier alpha value is -3.98. The van der Waals surface area contributed by atoms with E-state index in [4.69, 9.17) is 4.74 Å². The van der Waals surface area contributed by atoms with E-state index >= 15 is 0 Å². The molecule has 1 aliphatic heterocycles. The summed E-state index contributed by atoms with van der Waals surface area (Å²) in [4.78, 5) is 29.8. The van der Waals surface area contributed by atoms with Gasteiger partial charge in [0.2, 0.25) is 5.91 Å². The lowest BCUT2D eigenvalue weighted by Crippen LogP contribution is -2.63. The predicted molar refractivity (Wildman–Crippen MR) is 135 cm³/mol. The SMILES string of the molecule is COc1ccc(CNC(=O)[C@@]2(C)Cn3nc(-c4cccs4)cc3C(=O)N2Cc2cccc(F)c2)cc1. The summed E-state index contributed by atoms with van der Waals surface area (Å²) in [6.45, 7) is 2.27. The first-order valence-corrected chi connectivity index (χ1v) is 12.3. The van der Waals surface area contributed by atoms with E-state index in [0.29, 0.717) is 17.0 Å². The van der Waals surface area contributed by atoms with Crippen LogP contribution in [0.5, 0.6) is 5.75 Å². The highest BCUT2D eigenvalue weighted by atomic mass is 32.1. The molecule has 5 rings (SSSR count). The summed E-state index contributed by atoms with van der Waals surface area (Å²) in [5.74, 6) is -0.318. The monoisotopic (exact) mass is 504 g/mol. The number of amides is 2. The summed E-state index contributed by atoms with van der Waals surface area (Å²) in [6, 6.07) is 19.1. The van der Waals surface area contributed by atoms with Crippen LogP contribution in [0.25, 0.3) is 10.6 Å². The molecule has 0 unspecified atom stereocenters. The fourth-order valence-electron chi connectivity index (χ4n) is 4.37. The van der Waals surface area contributed by atoms with Gasteiger partial charge in [0.25, 0.3) is 5.91 Å². The molecule has 1 atom stereocenters. The highest BCUT2D eigenvalue weighted by molar-refractivity contribution is 7.13. The lowest BCUT2D eigenvalue weighted by Gasteiger charge is -2.43. The molecule has 0 spiro atoms. The Morgan fingerprint density at radius 3 is 2.64 bits per heavy atom. The van der Waals surface area contributed by atoms with Crippen molar-refractivity contribution in [3.8, 4) is 16.3 Å². The summed E-state index contributed by atoms with van der Waals surface area (Å²) in [7, 11) is 1.60. The number of fused-ring (bicyclic) bond motifs is 1. The molecule has 0 saturated carbocycles. The normalized spacial score (nSPS) is 17.1. The van der Waals surface area contributed by atoms with Crippen molar-refractivity contribution in [2.45, 2.75) is 32.1 Å². The Morgan fingerprint density at radius 2 is 1.94 bits per heavy atom. The second-order valence-electron chi connectivity index (χ2n) is 8.88. The molecule has 9 heteroatoms. The molecule has 0 aliphatic carbocycles. The smallest absolute Gasteiger partial charge is 0.273 e. The van der Waals surface area contributed by atoms with Gasteiger partial charge in [0.15, 0.2) is 0 Å². The van der Waals surface area contributed by atoms with Crippen molar-refractivity contribution in [2.24, 2.45) is 0 Å². The fourth-order valence-corrected chi connectivity index (χ4v) is 5.05. The average molecular weight is 505 g/mol. The lowest BCUT2D eigenvalue weighted by atomic mass is 9.94. The van der Waals surface area contributed by atoms with Crippen molar-refractivity contribution in [1.29, 1.82) is 0 Å². The van der Waals surface area contributed by atoms with Crippen LogP contribution in [0.3, 0.4) is 0 Å². The average Bonchev–Trinajstić information content (AvgIpc) is 3.56. The highest BCUT2D eigenvalue weighted by Crippen LogP contribution is 2.32. The number of carbonyl (C=O) groups excluding carboxylic acids is 2. The Kier molecular flexibility index (Phi) is 6.32. The third kappa shape index (κ3) is 4.49. The van der Waals surface area contributed by atoms with Crippen LogP contribution in [0.15, 0.2) is 72.1 Å². The number of nitrogens with one attached hydrogen (secondary N) is 1. The van der Waals surface area contributed by atoms with Crippen molar-refractivity contribution in [1.82, 2.24) is 20.0 Å². The van der Waals surface area contributed by atoms with Crippen LogP contribution in [-0.2, 0) is 24.4 Å². The molecule has 2 amide bonds. The van der Waals surface area contributed by atoms with E-state index < -0.39 is 11.4 Å². The number of methoxy groups -OCH3 is 1. The van der Waals surface area contributed by atoms with Gasteiger partial charge in [-0.05, 0) is 59.8 Å². The molecule has 4 aromatic rings. The maximum absolute atomic E-state index is 13.9. The first-order valence-electron chi connectivity index (χ1n) is 11.5. The second-order valence-corrected chi connectivity index (χ2v) is 9.82. The zero-order valence-corrected chi connectivity index (χ0v) is 20.7. The van der Waals surface area contributed by atoms with Crippen LogP contribution in [-0.4, -0.2) is 39.1 Å². The number of hydrogen-bond acceptors (Lipinski definition) is 5. The summed E-state index contributed by atoms with van der Waals surface area (Å²) < 4.78 is 20.7. The number of rotatable bonds is 7. The van der Waals surface area contributed by atoms with Crippen LogP contribution in [0.4, 0.5) is 4.39 Å². The molecule has 3 heterocycles. The maximum Gasteiger partial charge on any atom is 0.273 e. The molecule has 2 aromatic carbocycles. The van der Waals surface area contributed by atoms with E-state index in [0.717, 1.165) is 16.2 Å². The molecule has 1 N–H and O–H groups in total. The molecule has 1 aliphatic rings. The van der Waals surface area contributed by atoms with E-state index in [1.54, 1.807) is 36.9 Å². The Morgan fingerprint density at radius 1 is 1.14 bits per heavy atom. The molecule has 0 radical (unpaired) electrons. The van der Waals surface area contributed by atoms with Crippen molar-refractivity contribution >= 4 is 23.2 Å². The molecule has 0 fully saturated rings. The van der Waals surface area contributed by atoms with E-state index in [2.05, 4.69) is 10.4 Å². The second kappa shape index (κ2) is 9.58. The molecule has 36 heavy (non-hydrogen) atoms. The summed E-state index contributed by atoms with van der Waals surface area (Å²) in [6.07, 6.45) is 0. The zero-order valence-electron chi connectivity index (χ0n) is 19.9. The van der Waals surface area contributed by atoms with Gasteiger partial charge in [0, 0.05) is 13.1 Å². The number of aromatic nitrogens is 2. The molecular weight excluding hydrogens is 479 g/mol. The van der Waals surface area contributed by atoms with Crippen LogP contribution in [0, 0.1) is 5.82 Å². The standard InChI is InChI=1S/C27H25FN4O3S/c1-27(26(34)29-15-18-8-10-21(35-2)11-9-18)17-32-23(14-22(30-32)24-7-4-12-36-24)25(33)31(27)16-19-5-3-6-20(28)13-19/h3-14H,15-17H2,1-2H3,(H,29,34)/t27-/m1/s1. The Bertz CT molecular complexity index is 1400. The minimum absolute atomic E-state index is 0.0859. The number of hydrogen-bond donors (Lipinski definition) is 1. The van der Waals surface area contributed by atoms with Gasteiger partial charge < -0.3 is 15.0 Å². The summed E-state index contributed by atoms with van der Waals surface area (Å²) in [5, 5.41) is 9.56. The van der Waals surface area contributed by atoms with Crippen LogP contribution >= 0.6 is 11.3 Å². The van der Waals surface area contributed by atoms with Gasteiger partial charge in [-0.2, -0.15) is 5.10 Å². The number of thiophene rings is 1. The summed E-state index contributed by atoms with van der Waals surface area (Å²) in [5.41, 5.74) is 1.33. The first kappa shape index (κ1) is 23.7. The lowest BCUT2D eigenvalue weighted by molar-refractivity contribution is -0.133. The first-order chi connectivity index (χ1) is 17.4. The molecule has 0 saturated heterocycles. The molecule has 7 nitrogen and oxygen atoms in total.